The fraction of sp³-hybridized carbons (Fsp3) is 0.917. The SMILES string of the molecule is CCCCC(CC)COC(=O)CC(SOOO)C(=O)OCCCCCCC(F)(F)C(F)(F)C(F)(F)C(F)(F)C(F)(F)C(F)(F)F. The third-order valence-electron chi connectivity index (χ3n) is 6.45. The lowest BCUT2D eigenvalue weighted by atomic mass is 9.91. The van der Waals surface area contributed by atoms with Gasteiger partial charge in [-0.25, -0.2) is 5.26 Å². The number of esters is 2. The van der Waals surface area contributed by atoms with Crippen LogP contribution < -0.4 is 0 Å². The fourth-order valence-corrected chi connectivity index (χ4v) is 4.05. The van der Waals surface area contributed by atoms with E-state index in [1.54, 1.807) is 0 Å². The summed E-state index contributed by atoms with van der Waals surface area (Å²) in [4.78, 5) is 24.4. The van der Waals surface area contributed by atoms with Gasteiger partial charge in [-0.3, -0.25) is 9.59 Å². The highest BCUT2D eigenvalue weighted by Gasteiger charge is 2.90. The van der Waals surface area contributed by atoms with E-state index in [0.717, 1.165) is 25.7 Å². The van der Waals surface area contributed by atoms with Crippen molar-refractivity contribution in [1.82, 2.24) is 0 Å². The molecule has 0 aromatic carbocycles. The van der Waals surface area contributed by atoms with Crippen molar-refractivity contribution in [2.24, 2.45) is 5.92 Å². The molecule has 1 N–H and O–H groups in total. The van der Waals surface area contributed by atoms with Crippen LogP contribution in [0.1, 0.15) is 78.1 Å². The standard InChI is InChI=1S/C24H33F13O7S/c1-3-5-10-15(4-2)14-42-17(38)13-16(45-44-43-40)18(39)41-12-9-7-6-8-11-19(25,26)20(27,28)21(29,30)22(31,32)23(33,34)24(35,36)37/h15-16,40H,3-14H2,1-2H3. The Hall–Kier alpha value is -1.74. The monoisotopic (exact) mass is 712 g/mol. The van der Waals surface area contributed by atoms with Crippen molar-refractivity contribution < 1.29 is 90.8 Å². The predicted molar refractivity (Wildman–Crippen MR) is 130 cm³/mol. The van der Waals surface area contributed by atoms with Crippen molar-refractivity contribution in [3.05, 3.63) is 0 Å². The molecule has 0 bridgehead atoms. The maximum Gasteiger partial charge on any atom is 0.460 e. The minimum absolute atomic E-state index is 0.0736. The summed E-state index contributed by atoms with van der Waals surface area (Å²) in [5.74, 6) is -38.9. The molecule has 0 heterocycles. The predicted octanol–water partition coefficient (Wildman–Crippen LogP) is 8.81. The Morgan fingerprint density at radius 2 is 1.29 bits per heavy atom. The summed E-state index contributed by atoms with van der Waals surface area (Å²) in [6, 6.07) is 0. The highest BCUT2D eigenvalue weighted by Crippen LogP contribution is 2.60. The first-order chi connectivity index (χ1) is 20.5. The van der Waals surface area contributed by atoms with Crippen LogP contribution in [0.25, 0.3) is 0 Å². The Labute approximate surface area is 253 Å². The molecule has 0 amide bonds. The Kier molecular flexibility index (Phi) is 17.3. The number of carbonyl (C=O) groups excluding carboxylic acids is 2. The first-order valence-corrected chi connectivity index (χ1v) is 14.2. The van der Waals surface area contributed by atoms with Crippen LogP contribution in [0.2, 0.25) is 0 Å². The second-order valence-corrected chi connectivity index (χ2v) is 10.8. The Balaban J connectivity index is 4.93. The van der Waals surface area contributed by atoms with Crippen molar-refractivity contribution in [2.45, 2.75) is 119 Å². The van der Waals surface area contributed by atoms with Gasteiger partial charge in [0.1, 0.15) is 5.25 Å². The summed E-state index contributed by atoms with van der Waals surface area (Å²) in [5, 5.41) is 10.3. The van der Waals surface area contributed by atoms with Crippen LogP contribution >= 0.6 is 12.0 Å². The van der Waals surface area contributed by atoms with Gasteiger partial charge < -0.3 is 9.47 Å². The minimum atomic E-state index is -7.94. The van der Waals surface area contributed by atoms with Gasteiger partial charge in [0.15, 0.2) is 0 Å². The van der Waals surface area contributed by atoms with Gasteiger partial charge in [-0.2, -0.15) is 57.1 Å². The van der Waals surface area contributed by atoms with E-state index in [0.29, 0.717) is 0 Å². The summed E-state index contributed by atoms with van der Waals surface area (Å²) >= 11 is 0.169. The zero-order valence-corrected chi connectivity index (χ0v) is 24.7. The number of halogens is 13. The molecule has 2 atom stereocenters. The van der Waals surface area contributed by atoms with Crippen molar-refractivity contribution >= 4 is 24.0 Å². The van der Waals surface area contributed by atoms with Crippen molar-refractivity contribution in [3.8, 4) is 0 Å². The highest BCUT2D eigenvalue weighted by molar-refractivity contribution is 7.95. The van der Waals surface area contributed by atoms with E-state index in [1.807, 2.05) is 13.8 Å². The normalized spacial score (nSPS) is 15.1. The lowest BCUT2D eigenvalue weighted by molar-refractivity contribution is -0.440. The van der Waals surface area contributed by atoms with Crippen LogP contribution in [0, 0.1) is 5.92 Å². The van der Waals surface area contributed by atoms with Crippen LogP contribution in [-0.2, 0) is 28.4 Å². The topological polar surface area (TPSA) is 91.3 Å². The molecule has 0 saturated heterocycles. The molecule has 0 saturated carbocycles. The molecule has 268 valence electrons. The molecular formula is C24H33F13O7S. The van der Waals surface area contributed by atoms with Gasteiger partial charge in [0.2, 0.25) is 0 Å². The van der Waals surface area contributed by atoms with Gasteiger partial charge in [0.25, 0.3) is 0 Å². The first kappa shape index (κ1) is 43.3. The minimum Gasteiger partial charge on any atom is -0.465 e. The third kappa shape index (κ3) is 11.5. The van der Waals surface area contributed by atoms with E-state index in [2.05, 4.69) is 9.37 Å². The molecule has 0 fully saturated rings. The first-order valence-electron chi connectivity index (χ1n) is 13.4. The second-order valence-electron chi connectivity index (χ2n) is 9.86. The molecule has 0 aliphatic carbocycles. The van der Waals surface area contributed by atoms with Crippen LogP contribution in [0.5, 0.6) is 0 Å². The molecule has 0 spiro atoms. The average molecular weight is 713 g/mol. The van der Waals surface area contributed by atoms with E-state index >= 15 is 0 Å². The third-order valence-corrected chi connectivity index (χ3v) is 7.18. The zero-order chi connectivity index (χ0) is 35.3. The number of carbonyl (C=O) groups is 2. The molecule has 2 unspecified atom stereocenters. The molecule has 0 aromatic heterocycles. The van der Waals surface area contributed by atoms with E-state index in [-0.39, 0.29) is 37.4 Å². The lowest BCUT2D eigenvalue weighted by Gasteiger charge is -2.39. The Bertz CT molecular complexity index is 905. The largest absolute Gasteiger partial charge is 0.465 e. The van der Waals surface area contributed by atoms with E-state index in [4.69, 9.17) is 14.7 Å². The summed E-state index contributed by atoms with van der Waals surface area (Å²) in [6.07, 6.45) is -9.09. The number of rotatable bonds is 23. The highest BCUT2D eigenvalue weighted by atomic mass is 32.2. The van der Waals surface area contributed by atoms with Crippen LogP contribution in [-0.4, -0.2) is 71.4 Å². The van der Waals surface area contributed by atoms with Crippen LogP contribution in [0.4, 0.5) is 57.1 Å². The number of ether oxygens (including phenoxy) is 2. The van der Waals surface area contributed by atoms with Crippen molar-refractivity contribution in [3.63, 3.8) is 0 Å². The van der Waals surface area contributed by atoms with Gasteiger partial charge >= 0.3 is 47.7 Å². The lowest BCUT2D eigenvalue weighted by Crippen LogP contribution is -2.70. The van der Waals surface area contributed by atoms with E-state index < -0.39 is 85.3 Å². The van der Waals surface area contributed by atoms with Crippen molar-refractivity contribution in [1.29, 1.82) is 0 Å². The maximum absolute atomic E-state index is 13.8. The van der Waals surface area contributed by atoms with Crippen LogP contribution in [0.15, 0.2) is 0 Å². The van der Waals surface area contributed by atoms with E-state index in [9.17, 15) is 66.7 Å². The van der Waals surface area contributed by atoms with Gasteiger partial charge in [0.05, 0.1) is 31.7 Å². The number of hydrogen-bond acceptors (Lipinski definition) is 8. The molecule has 0 aliphatic heterocycles. The van der Waals surface area contributed by atoms with Gasteiger partial charge in [-0.05, 0) is 25.2 Å². The van der Waals surface area contributed by atoms with E-state index in [1.165, 1.54) is 0 Å². The average Bonchev–Trinajstić information content (AvgIpc) is 2.93. The van der Waals surface area contributed by atoms with Gasteiger partial charge in [-0.1, -0.05) is 51.0 Å². The number of unbranched alkanes of at least 4 members (excludes halogenated alkanes) is 4. The molecule has 21 heteroatoms. The molecular weight excluding hydrogens is 679 g/mol. The molecule has 0 aliphatic rings. The molecule has 7 nitrogen and oxygen atoms in total. The summed E-state index contributed by atoms with van der Waals surface area (Å²) < 4.78 is 185. The molecule has 0 aromatic rings. The summed E-state index contributed by atoms with van der Waals surface area (Å²) in [7, 11) is 0. The molecule has 0 radical (unpaired) electrons. The smallest absolute Gasteiger partial charge is 0.460 e. The van der Waals surface area contributed by atoms with Gasteiger partial charge in [-0.15, -0.1) is 4.33 Å². The molecule has 45 heavy (non-hydrogen) atoms. The Morgan fingerprint density at radius 1 is 0.733 bits per heavy atom. The quantitative estimate of drug-likeness (QED) is 0.0281. The maximum atomic E-state index is 13.8. The summed E-state index contributed by atoms with van der Waals surface area (Å²) in [5.41, 5.74) is 0. The Morgan fingerprint density at radius 3 is 1.80 bits per heavy atom. The molecule has 0 rings (SSSR count). The van der Waals surface area contributed by atoms with Crippen LogP contribution in [0.3, 0.4) is 0 Å². The number of alkyl halides is 13. The second kappa shape index (κ2) is 18.0. The number of hydrogen-bond donors (Lipinski definition) is 1. The van der Waals surface area contributed by atoms with Crippen molar-refractivity contribution in [2.75, 3.05) is 13.2 Å². The van der Waals surface area contributed by atoms with Gasteiger partial charge in [0, 0.05) is 6.42 Å². The fourth-order valence-electron chi connectivity index (χ4n) is 3.57. The summed E-state index contributed by atoms with van der Waals surface area (Å²) in [6.45, 7) is 3.46. The zero-order valence-electron chi connectivity index (χ0n) is 23.9.